The van der Waals surface area contributed by atoms with Crippen LogP contribution in [-0.4, -0.2) is 25.7 Å². The third kappa shape index (κ3) is 4.58. The summed E-state index contributed by atoms with van der Waals surface area (Å²) >= 11 is 3.38. The zero-order chi connectivity index (χ0) is 17.5. The topological polar surface area (TPSA) is 61.8 Å². The molecule has 0 aliphatic heterocycles. The number of benzene rings is 2. The van der Waals surface area contributed by atoms with E-state index >= 15 is 0 Å². The molecule has 0 aliphatic carbocycles. The van der Waals surface area contributed by atoms with Crippen molar-refractivity contribution in [2.24, 2.45) is 0 Å². The van der Waals surface area contributed by atoms with Gasteiger partial charge in [-0.2, -0.15) is 0 Å². The number of carbonyl (C=O) groups is 2. The van der Waals surface area contributed by atoms with Crippen molar-refractivity contribution in [1.82, 2.24) is 0 Å². The van der Waals surface area contributed by atoms with E-state index in [1.807, 2.05) is 6.92 Å². The molecule has 5 nitrogen and oxygen atoms in total. The number of methoxy groups -OCH3 is 1. The molecule has 2 aromatic rings. The Hall–Kier alpha value is -2.34. The highest BCUT2D eigenvalue weighted by atomic mass is 79.9. The maximum absolute atomic E-state index is 12.2. The minimum Gasteiger partial charge on any atom is -0.492 e. The minimum atomic E-state index is -0.497. The van der Waals surface area contributed by atoms with Crippen LogP contribution in [0, 0.1) is 0 Å². The van der Waals surface area contributed by atoms with Gasteiger partial charge in [-0.25, -0.2) is 9.59 Å². The second-order valence-corrected chi connectivity index (χ2v) is 5.75. The van der Waals surface area contributed by atoms with E-state index in [4.69, 9.17) is 9.47 Å². The first kappa shape index (κ1) is 18.0. The van der Waals surface area contributed by atoms with Gasteiger partial charge in [-0.1, -0.05) is 6.92 Å². The molecule has 0 heterocycles. The molecule has 2 aromatic carbocycles. The van der Waals surface area contributed by atoms with Crippen LogP contribution >= 0.6 is 15.9 Å². The summed E-state index contributed by atoms with van der Waals surface area (Å²) in [6.45, 7) is 2.63. The summed E-state index contributed by atoms with van der Waals surface area (Å²) in [7, 11) is 1.31. The first-order chi connectivity index (χ1) is 11.5. The number of carbonyl (C=O) groups excluding carboxylic acids is 2. The number of rotatable bonds is 6. The second kappa shape index (κ2) is 8.49. The minimum absolute atomic E-state index is 0.343. The van der Waals surface area contributed by atoms with Crippen LogP contribution in [0.1, 0.15) is 34.1 Å². The number of halogens is 1. The average Bonchev–Trinajstić information content (AvgIpc) is 2.60. The van der Waals surface area contributed by atoms with Crippen LogP contribution in [0.4, 0.5) is 0 Å². The fraction of sp³-hybridized carbons (Fsp3) is 0.222. The molecule has 0 saturated carbocycles. The third-order valence-corrected chi connectivity index (χ3v) is 3.73. The van der Waals surface area contributed by atoms with Gasteiger partial charge in [-0.3, -0.25) is 0 Å². The van der Waals surface area contributed by atoms with Gasteiger partial charge in [0.1, 0.15) is 11.5 Å². The van der Waals surface area contributed by atoms with Crippen molar-refractivity contribution in [2.45, 2.75) is 13.3 Å². The third-order valence-electron chi connectivity index (χ3n) is 3.12. The lowest BCUT2D eigenvalue weighted by Gasteiger charge is -2.09. The monoisotopic (exact) mass is 392 g/mol. The highest BCUT2D eigenvalue weighted by Crippen LogP contribution is 2.27. The molecule has 2 rings (SSSR count). The molecule has 0 fully saturated rings. The van der Waals surface area contributed by atoms with Gasteiger partial charge < -0.3 is 14.2 Å². The molecule has 0 radical (unpaired) electrons. The van der Waals surface area contributed by atoms with Gasteiger partial charge in [0, 0.05) is 0 Å². The molecular formula is C18H17BrO5. The highest BCUT2D eigenvalue weighted by Gasteiger charge is 2.12. The van der Waals surface area contributed by atoms with Gasteiger partial charge in [0.15, 0.2) is 0 Å². The molecule has 0 aromatic heterocycles. The van der Waals surface area contributed by atoms with E-state index in [-0.39, 0.29) is 0 Å². The van der Waals surface area contributed by atoms with E-state index in [0.717, 1.165) is 6.42 Å². The van der Waals surface area contributed by atoms with Crippen molar-refractivity contribution in [1.29, 1.82) is 0 Å². The van der Waals surface area contributed by atoms with E-state index in [2.05, 4.69) is 20.7 Å². The first-order valence-electron chi connectivity index (χ1n) is 7.38. The van der Waals surface area contributed by atoms with Crippen molar-refractivity contribution in [3.8, 4) is 11.5 Å². The van der Waals surface area contributed by atoms with Gasteiger partial charge in [0.05, 0.1) is 29.3 Å². The Morgan fingerprint density at radius 2 is 1.67 bits per heavy atom. The van der Waals surface area contributed by atoms with Gasteiger partial charge in [0.2, 0.25) is 0 Å². The van der Waals surface area contributed by atoms with Gasteiger partial charge in [0.25, 0.3) is 0 Å². The Labute approximate surface area is 148 Å². The smallest absolute Gasteiger partial charge is 0.343 e. The molecule has 6 heteroatoms. The summed E-state index contributed by atoms with van der Waals surface area (Å²) in [6.07, 6.45) is 0.901. The predicted octanol–water partition coefficient (Wildman–Crippen LogP) is 4.24. The standard InChI is InChI=1S/C18H17BrO5/c1-3-10-23-16-9-6-13(11-15(16)19)18(21)24-14-7-4-12(5-8-14)17(20)22-2/h4-9,11H,3,10H2,1-2H3. The number of hydrogen-bond acceptors (Lipinski definition) is 5. The fourth-order valence-electron chi connectivity index (χ4n) is 1.90. The molecule has 0 saturated heterocycles. The van der Waals surface area contributed by atoms with Crippen LogP contribution in [0.5, 0.6) is 11.5 Å². The molecule has 0 atom stereocenters. The van der Waals surface area contributed by atoms with Gasteiger partial charge in [-0.05, 0) is 64.8 Å². The average molecular weight is 393 g/mol. The lowest BCUT2D eigenvalue weighted by molar-refractivity contribution is 0.0600. The van der Waals surface area contributed by atoms with Crippen molar-refractivity contribution in [3.63, 3.8) is 0 Å². The Bertz CT molecular complexity index is 725. The normalized spacial score (nSPS) is 10.1. The quantitative estimate of drug-likeness (QED) is 0.543. The van der Waals surface area contributed by atoms with Crippen molar-refractivity contribution >= 4 is 27.9 Å². The first-order valence-corrected chi connectivity index (χ1v) is 8.17. The summed E-state index contributed by atoms with van der Waals surface area (Å²) in [6, 6.07) is 11.2. The molecule has 0 amide bonds. The summed E-state index contributed by atoms with van der Waals surface area (Å²) < 4.78 is 16.1. The van der Waals surface area contributed by atoms with E-state index in [0.29, 0.717) is 33.7 Å². The van der Waals surface area contributed by atoms with E-state index < -0.39 is 11.9 Å². The van der Waals surface area contributed by atoms with Crippen LogP contribution in [0.2, 0.25) is 0 Å². The zero-order valence-corrected chi connectivity index (χ0v) is 15.0. The Kier molecular flexibility index (Phi) is 6.37. The molecule has 0 aliphatic rings. The number of hydrogen-bond donors (Lipinski definition) is 0. The summed E-state index contributed by atoms with van der Waals surface area (Å²) in [5, 5.41) is 0. The maximum Gasteiger partial charge on any atom is 0.343 e. The number of esters is 2. The number of ether oxygens (including phenoxy) is 3. The van der Waals surface area contributed by atoms with Crippen molar-refractivity contribution in [3.05, 3.63) is 58.1 Å². The molecular weight excluding hydrogens is 376 g/mol. The molecule has 0 N–H and O–H groups in total. The largest absolute Gasteiger partial charge is 0.492 e. The van der Waals surface area contributed by atoms with E-state index in [9.17, 15) is 9.59 Å². The molecule has 24 heavy (non-hydrogen) atoms. The van der Waals surface area contributed by atoms with Gasteiger partial charge >= 0.3 is 11.9 Å². The summed E-state index contributed by atoms with van der Waals surface area (Å²) in [4.78, 5) is 23.6. The van der Waals surface area contributed by atoms with Gasteiger partial charge in [-0.15, -0.1) is 0 Å². The fourth-order valence-corrected chi connectivity index (χ4v) is 2.39. The van der Waals surface area contributed by atoms with Crippen LogP contribution in [0.15, 0.2) is 46.9 Å². The Morgan fingerprint density at radius 3 is 2.25 bits per heavy atom. The molecule has 0 unspecified atom stereocenters. The maximum atomic E-state index is 12.2. The summed E-state index contributed by atoms with van der Waals surface area (Å²) in [5.41, 5.74) is 0.778. The van der Waals surface area contributed by atoms with E-state index in [1.165, 1.54) is 31.4 Å². The Balaban J connectivity index is 2.06. The predicted molar refractivity (Wildman–Crippen MR) is 92.7 cm³/mol. The van der Waals surface area contributed by atoms with Crippen LogP contribution in [0.3, 0.4) is 0 Å². The molecule has 0 spiro atoms. The lowest BCUT2D eigenvalue weighted by atomic mass is 10.2. The van der Waals surface area contributed by atoms with Crippen LogP contribution < -0.4 is 9.47 Å². The molecule has 126 valence electrons. The SMILES string of the molecule is CCCOc1ccc(C(=O)Oc2ccc(C(=O)OC)cc2)cc1Br. The zero-order valence-electron chi connectivity index (χ0n) is 13.4. The second-order valence-electron chi connectivity index (χ2n) is 4.90. The van der Waals surface area contributed by atoms with Crippen molar-refractivity contribution in [2.75, 3.05) is 13.7 Å². The summed E-state index contributed by atoms with van der Waals surface area (Å²) in [5.74, 6) is 0.0777. The van der Waals surface area contributed by atoms with Crippen molar-refractivity contribution < 1.29 is 23.8 Å². The highest BCUT2D eigenvalue weighted by molar-refractivity contribution is 9.10. The molecule has 0 bridgehead atoms. The van der Waals surface area contributed by atoms with Crippen LogP contribution in [0.25, 0.3) is 0 Å². The lowest BCUT2D eigenvalue weighted by Crippen LogP contribution is -2.09. The van der Waals surface area contributed by atoms with E-state index in [1.54, 1.807) is 18.2 Å². The Morgan fingerprint density at radius 1 is 1.00 bits per heavy atom. The van der Waals surface area contributed by atoms with Crippen LogP contribution in [-0.2, 0) is 4.74 Å².